The van der Waals surface area contributed by atoms with Gasteiger partial charge in [-0.25, -0.2) is 4.39 Å². The lowest BCUT2D eigenvalue weighted by Gasteiger charge is -2.17. The maximum Gasteiger partial charge on any atom is 0.260 e. The second-order valence-corrected chi connectivity index (χ2v) is 5.64. The fraction of sp³-hybridized carbons (Fsp3) is 0.188. The van der Waals surface area contributed by atoms with E-state index in [-0.39, 0.29) is 18.3 Å². The molecule has 2 aromatic rings. The Hall–Kier alpha value is -1.78. The summed E-state index contributed by atoms with van der Waals surface area (Å²) in [6.45, 7) is 0.243. The van der Waals surface area contributed by atoms with Crippen LogP contribution < -0.4 is 4.74 Å². The van der Waals surface area contributed by atoms with Crippen LogP contribution in [0.15, 0.2) is 42.5 Å². The molecule has 3 nitrogen and oxygen atoms in total. The third kappa shape index (κ3) is 4.90. The Morgan fingerprint density at radius 2 is 1.73 bits per heavy atom. The summed E-state index contributed by atoms with van der Waals surface area (Å²) in [5.41, 5.74) is 0.836. The first-order valence-corrected chi connectivity index (χ1v) is 7.27. The van der Waals surface area contributed by atoms with Gasteiger partial charge in [0.1, 0.15) is 11.6 Å². The number of ether oxygens (including phenoxy) is 1. The number of hydrogen-bond acceptors (Lipinski definition) is 2. The molecule has 0 atom stereocenters. The molecule has 0 aromatic heterocycles. The van der Waals surface area contributed by atoms with Crippen molar-refractivity contribution in [3.8, 4) is 5.75 Å². The summed E-state index contributed by atoms with van der Waals surface area (Å²) < 4.78 is 18.2. The highest BCUT2D eigenvalue weighted by molar-refractivity contribution is 6.34. The fourth-order valence-corrected chi connectivity index (χ4v) is 2.33. The number of amides is 1. The summed E-state index contributed by atoms with van der Waals surface area (Å²) in [6, 6.07) is 10.7. The van der Waals surface area contributed by atoms with Gasteiger partial charge in [0.05, 0.1) is 0 Å². The van der Waals surface area contributed by atoms with Crippen LogP contribution in [0.3, 0.4) is 0 Å². The van der Waals surface area contributed by atoms with E-state index in [1.165, 1.54) is 17.0 Å². The van der Waals surface area contributed by atoms with Gasteiger partial charge in [0.15, 0.2) is 6.61 Å². The number of halogens is 3. The predicted octanol–water partition coefficient (Wildman–Crippen LogP) is 4.17. The molecule has 6 heteroatoms. The zero-order chi connectivity index (χ0) is 16.1. The molecule has 0 aliphatic carbocycles. The summed E-state index contributed by atoms with van der Waals surface area (Å²) in [5, 5.41) is 0.879. The largest absolute Gasteiger partial charge is 0.484 e. The van der Waals surface area contributed by atoms with Crippen molar-refractivity contribution in [3.05, 3.63) is 63.9 Å². The van der Waals surface area contributed by atoms with E-state index in [0.29, 0.717) is 22.3 Å². The van der Waals surface area contributed by atoms with Gasteiger partial charge in [-0.1, -0.05) is 35.3 Å². The molecule has 0 saturated carbocycles. The van der Waals surface area contributed by atoms with E-state index in [2.05, 4.69) is 0 Å². The SMILES string of the molecule is CN(Cc1ccc(F)cc1)C(=O)COc1cc(Cl)cc(Cl)c1. The average molecular weight is 342 g/mol. The average Bonchev–Trinajstić information content (AvgIpc) is 2.46. The van der Waals surface area contributed by atoms with E-state index in [1.807, 2.05) is 0 Å². The molecule has 0 unspecified atom stereocenters. The Labute approximate surface area is 138 Å². The lowest BCUT2D eigenvalue weighted by molar-refractivity contribution is -0.132. The molecular formula is C16H14Cl2FNO2. The van der Waals surface area contributed by atoms with Gasteiger partial charge in [0, 0.05) is 23.6 Å². The molecule has 0 heterocycles. The number of nitrogens with zero attached hydrogens (tertiary/aromatic N) is 1. The molecule has 0 N–H and O–H groups in total. The first-order valence-electron chi connectivity index (χ1n) is 6.51. The Balaban J connectivity index is 1.89. The van der Waals surface area contributed by atoms with Crippen LogP contribution in [0.5, 0.6) is 5.75 Å². The summed E-state index contributed by atoms with van der Waals surface area (Å²) in [7, 11) is 1.65. The van der Waals surface area contributed by atoms with Crippen molar-refractivity contribution in [1.82, 2.24) is 4.90 Å². The second kappa shape index (κ2) is 7.47. The summed E-state index contributed by atoms with van der Waals surface area (Å²) in [4.78, 5) is 13.5. The fourth-order valence-electron chi connectivity index (χ4n) is 1.82. The van der Waals surface area contributed by atoms with Crippen molar-refractivity contribution in [2.24, 2.45) is 0 Å². The molecule has 0 fully saturated rings. The maximum absolute atomic E-state index is 12.8. The van der Waals surface area contributed by atoms with E-state index in [9.17, 15) is 9.18 Å². The minimum Gasteiger partial charge on any atom is -0.484 e. The van der Waals surface area contributed by atoms with Crippen LogP contribution >= 0.6 is 23.2 Å². The smallest absolute Gasteiger partial charge is 0.260 e. The molecule has 0 aliphatic heterocycles. The van der Waals surface area contributed by atoms with Crippen LogP contribution in [0.1, 0.15) is 5.56 Å². The molecule has 0 radical (unpaired) electrons. The Bertz CT molecular complexity index is 641. The number of carbonyl (C=O) groups is 1. The lowest BCUT2D eigenvalue weighted by Crippen LogP contribution is -2.30. The minimum atomic E-state index is -0.307. The predicted molar refractivity (Wildman–Crippen MR) is 84.8 cm³/mol. The second-order valence-electron chi connectivity index (χ2n) is 4.77. The third-order valence-corrected chi connectivity index (χ3v) is 3.39. The normalized spacial score (nSPS) is 10.4. The summed E-state index contributed by atoms with van der Waals surface area (Å²) >= 11 is 11.7. The molecule has 116 valence electrons. The molecule has 22 heavy (non-hydrogen) atoms. The molecular weight excluding hydrogens is 328 g/mol. The van der Waals surface area contributed by atoms with Gasteiger partial charge < -0.3 is 9.64 Å². The van der Waals surface area contributed by atoms with Gasteiger partial charge in [-0.05, 0) is 35.9 Å². The zero-order valence-electron chi connectivity index (χ0n) is 11.9. The minimum absolute atomic E-state index is 0.131. The molecule has 2 rings (SSSR count). The number of carbonyl (C=O) groups excluding carboxylic acids is 1. The van der Waals surface area contributed by atoms with E-state index >= 15 is 0 Å². The van der Waals surface area contributed by atoms with Crippen LogP contribution in [-0.2, 0) is 11.3 Å². The third-order valence-electron chi connectivity index (χ3n) is 2.96. The van der Waals surface area contributed by atoms with Crippen molar-refractivity contribution >= 4 is 29.1 Å². The van der Waals surface area contributed by atoms with Crippen molar-refractivity contribution in [1.29, 1.82) is 0 Å². The van der Waals surface area contributed by atoms with Gasteiger partial charge in [0.2, 0.25) is 0 Å². The van der Waals surface area contributed by atoms with Crippen molar-refractivity contribution in [2.45, 2.75) is 6.54 Å². The van der Waals surface area contributed by atoms with Gasteiger partial charge in [0.25, 0.3) is 5.91 Å². The Kier molecular flexibility index (Phi) is 5.63. The highest BCUT2D eigenvalue weighted by Crippen LogP contribution is 2.24. The number of hydrogen-bond donors (Lipinski definition) is 0. The molecule has 0 aliphatic rings. The monoisotopic (exact) mass is 341 g/mol. The highest BCUT2D eigenvalue weighted by atomic mass is 35.5. The van der Waals surface area contributed by atoms with Crippen LogP contribution in [0.25, 0.3) is 0 Å². The summed E-state index contributed by atoms with van der Waals surface area (Å²) in [6.07, 6.45) is 0. The maximum atomic E-state index is 12.8. The zero-order valence-corrected chi connectivity index (χ0v) is 13.4. The molecule has 2 aromatic carbocycles. The first kappa shape index (κ1) is 16.6. The molecule has 0 bridgehead atoms. The lowest BCUT2D eigenvalue weighted by atomic mass is 10.2. The highest BCUT2D eigenvalue weighted by Gasteiger charge is 2.11. The molecule has 1 amide bonds. The summed E-state index contributed by atoms with van der Waals surface area (Å²) in [5.74, 6) is -0.0830. The quantitative estimate of drug-likeness (QED) is 0.816. The van der Waals surface area contributed by atoms with Gasteiger partial charge in [-0.15, -0.1) is 0 Å². The Morgan fingerprint density at radius 1 is 1.14 bits per heavy atom. The van der Waals surface area contributed by atoms with Crippen LogP contribution in [0.4, 0.5) is 4.39 Å². The van der Waals surface area contributed by atoms with Crippen molar-refractivity contribution < 1.29 is 13.9 Å². The van der Waals surface area contributed by atoms with E-state index < -0.39 is 0 Å². The Morgan fingerprint density at radius 3 is 2.32 bits per heavy atom. The van der Waals surface area contributed by atoms with Gasteiger partial charge in [-0.3, -0.25) is 4.79 Å². The van der Waals surface area contributed by atoms with Crippen molar-refractivity contribution in [3.63, 3.8) is 0 Å². The standard InChI is InChI=1S/C16H14Cl2FNO2/c1-20(9-11-2-4-14(19)5-3-11)16(21)10-22-15-7-12(17)6-13(18)8-15/h2-8H,9-10H2,1H3. The van der Waals surface area contributed by atoms with E-state index in [1.54, 1.807) is 37.4 Å². The number of likely N-dealkylation sites (N-methyl/N-ethyl adjacent to an activating group) is 1. The molecule has 0 spiro atoms. The number of benzene rings is 2. The van der Waals surface area contributed by atoms with Crippen LogP contribution in [0.2, 0.25) is 10.0 Å². The molecule has 0 saturated heterocycles. The van der Waals surface area contributed by atoms with Crippen LogP contribution in [-0.4, -0.2) is 24.5 Å². The van der Waals surface area contributed by atoms with Gasteiger partial charge >= 0.3 is 0 Å². The van der Waals surface area contributed by atoms with E-state index in [0.717, 1.165) is 5.56 Å². The van der Waals surface area contributed by atoms with Gasteiger partial charge in [-0.2, -0.15) is 0 Å². The van der Waals surface area contributed by atoms with E-state index in [4.69, 9.17) is 27.9 Å². The van der Waals surface area contributed by atoms with Crippen molar-refractivity contribution in [2.75, 3.05) is 13.7 Å². The topological polar surface area (TPSA) is 29.5 Å². The first-order chi connectivity index (χ1) is 10.4. The number of rotatable bonds is 5. The van der Waals surface area contributed by atoms with Crippen LogP contribution in [0, 0.1) is 5.82 Å².